The molecule has 3 rings (SSSR count). The summed E-state index contributed by atoms with van der Waals surface area (Å²) in [6.45, 7) is 7.83. The maximum atomic E-state index is 12.6. The standard InChI is InChI=1S/C23H26N6O2/c1-4-29(5-2)15-21(30)26-18-11-9-17(10-12-18)23(31)28-20-14-16(3)25-22(27-20)19-8-6-7-13-24-19/h6-14H,4-5,15H2,1-3H3,(H,26,30)(H,25,27,28,31). The van der Waals surface area contributed by atoms with Crippen LogP contribution in [0.3, 0.4) is 0 Å². The highest BCUT2D eigenvalue weighted by molar-refractivity contribution is 6.04. The maximum absolute atomic E-state index is 12.6. The van der Waals surface area contributed by atoms with Gasteiger partial charge in [-0.25, -0.2) is 9.97 Å². The summed E-state index contributed by atoms with van der Waals surface area (Å²) in [4.78, 5) is 39.9. The number of benzene rings is 1. The van der Waals surface area contributed by atoms with Crippen molar-refractivity contribution in [2.24, 2.45) is 0 Å². The van der Waals surface area contributed by atoms with Crippen molar-refractivity contribution in [3.8, 4) is 11.5 Å². The molecule has 0 unspecified atom stereocenters. The van der Waals surface area contributed by atoms with Crippen LogP contribution in [0.25, 0.3) is 11.5 Å². The quantitative estimate of drug-likeness (QED) is 0.582. The van der Waals surface area contributed by atoms with Gasteiger partial charge in [0, 0.05) is 29.2 Å². The Morgan fingerprint density at radius 2 is 1.71 bits per heavy atom. The highest BCUT2D eigenvalue weighted by atomic mass is 16.2. The highest BCUT2D eigenvalue weighted by Crippen LogP contribution is 2.17. The number of carbonyl (C=O) groups is 2. The van der Waals surface area contributed by atoms with E-state index in [1.165, 1.54) is 0 Å². The fourth-order valence-corrected chi connectivity index (χ4v) is 2.99. The molecule has 0 radical (unpaired) electrons. The van der Waals surface area contributed by atoms with Crippen molar-refractivity contribution in [3.05, 3.63) is 66.0 Å². The lowest BCUT2D eigenvalue weighted by Crippen LogP contribution is -2.32. The van der Waals surface area contributed by atoms with Gasteiger partial charge in [-0.3, -0.25) is 19.5 Å². The third-order valence-electron chi connectivity index (χ3n) is 4.68. The second-order valence-corrected chi connectivity index (χ2v) is 6.97. The van der Waals surface area contributed by atoms with Crippen LogP contribution >= 0.6 is 0 Å². The third kappa shape index (κ3) is 6.16. The second kappa shape index (κ2) is 10.4. The molecule has 0 bridgehead atoms. The van der Waals surface area contributed by atoms with Crippen molar-refractivity contribution in [2.75, 3.05) is 30.3 Å². The Morgan fingerprint density at radius 3 is 2.35 bits per heavy atom. The average molecular weight is 419 g/mol. The number of amides is 2. The van der Waals surface area contributed by atoms with Crippen LogP contribution in [0, 0.1) is 6.92 Å². The Bertz CT molecular complexity index is 1030. The van der Waals surface area contributed by atoms with Crippen molar-refractivity contribution >= 4 is 23.3 Å². The van der Waals surface area contributed by atoms with Crippen molar-refractivity contribution in [1.29, 1.82) is 0 Å². The Hall–Kier alpha value is -3.65. The molecule has 0 atom stereocenters. The maximum Gasteiger partial charge on any atom is 0.256 e. The minimum Gasteiger partial charge on any atom is -0.325 e. The van der Waals surface area contributed by atoms with Crippen LogP contribution in [0.15, 0.2) is 54.7 Å². The van der Waals surface area contributed by atoms with Gasteiger partial charge in [-0.1, -0.05) is 19.9 Å². The van der Waals surface area contributed by atoms with Crippen LogP contribution < -0.4 is 10.6 Å². The van der Waals surface area contributed by atoms with E-state index in [1.807, 2.05) is 43.9 Å². The van der Waals surface area contributed by atoms with E-state index in [-0.39, 0.29) is 11.8 Å². The molecule has 2 heterocycles. The molecular formula is C23H26N6O2. The number of carbonyl (C=O) groups excluding carboxylic acids is 2. The van der Waals surface area contributed by atoms with Crippen LogP contribution in [0.2, 0.25) is 0 Å². The molecular weight excluding hydrogens is 392 g/mol. The first-order chi connectivity index (χ1) is 15.0. The first-order valence-corrected chi connectivity index (χ1v) is 10.2. The number of rotatable bonds is 8. The van der Waals surface area contributed by atoms with E-state index in [4.69, 9.17) is 0 Å². The Labute approximate surface area is 181 Å². The highest BCUT2D eigenvalue weighted by Gasteiger charge is 2.12. The molecule has 2 aromatic heterocycles. The van der Waals surface area contributed by atoms with Crippen molar-refractivity contribution < 1.29 is 9.59 Å². The minimum atomic E-state index is -0.300. The lowest BCUT2D eigenvalue weighted by atomic mass is 10.2. The zero-order valence-electron chi connectivity index (χ0n) is 17.9. The summed E-state index contributed by atoms with van der Waals surface area (Å²) >= 11 is 0. The van der Waals surface area contributed by atoms with Crippen molar-refractivity contribution in [2.45, 2.75) is 20.8 Å². The number of anilines is 2. The number of hydrogen-bond donors (Lipinski definition) is 2. The molecule has 160 valence electrons. The molecule has 0 aliphatic rings. The van der Waals surface area contributed by atoms with Gasteiger partial charge in [-0.2, -0.15) is 0 Å². The first kappa shape index (κ1) is 22.0. The summed E-state index contributed by atoms with van der Waals surface area (Å²) in [6.07, 6.45) is 1.67. The van der Waals surface area contributed by atoms with Crippen LogP contribution in [-0.2, 0) is 4.79 Å². The first-order valence-electron chi connectivity index (χ1n) is 10.2. The van der Waals surface area contributed by atoms with Gasteiger partial charge in [0.25, 0.3) is 5.91 Å². The summed E-state index contributed by atoms with van der Waals surface area (Å²) in [5.41, 5.74) is 2.45. The van der Waals surface area contributed by atoms with E-state index in [2.05, 4.69) is 25.6 Å². The smallest absolute Gasteiger partial charge is 0.256 e. The summed E-state index contributed by atoms with van der Waals surface area (Å²) < 4.78 is 0. The number of nitrogens with one attached hydrogen (secondary N) is 2. The molecule has 2 amide bonds. The van der Waals surface area contributed by atoms with E-state index < -0.39 is 0 Å². The molecule has 8 heteroatoms. The van der Waals surface area contributed by atoms with Gasteiger partial charge in [0.1, 0.15) is 11.5 Å². The van der Waals surface area contributed by atoms with Gasteiger partial charge >= 0.3 is 0 Å². The summed E-state index contributed by atoms with van der Waals surface area (Å²) in [6, 6.07) is 13.9. The summed E-state index contributed by atoms with van der Waals surface area (Å²) in [7, 11) is 0. The number of aryl methyl sites for hydroxylation is 1. The molecule has 1 aromatic carbocycles. The van der Waals surface area contributed by atoms with E-state index in [1.54, 1.807) is 36.5 Å². The molecule has 0 aliphatic carbocycles. The van der Waals surface area contributed by atoms with Gasteiger partial charge in [0.15, 0.2) is 5.82 Å². The SMILES string of the molecule is CCN(CC)CC(=O)Nc1ccc(C(=O)Nc2cc(C)nc(-c3ccccn3)n2)cc1. The molecule has 8 nitrogen and oxygen atoms in total. The van der Waals surface area contributed by atoms with Gasteiger partial charge < -0.3 is 10.6 Å². The summed E-state index contributed by atoms with van der Waals surface area (Å²) in [5, 5.41) is 5.65. The van der Waals surface area contributed by atoms with Gasteiger partial charge in [-0.15, -0.1) is 0 Å². The third-order valence-corrected chi connectivity index (χ3v) is 4.68. The normalized spacial score (nSPS) is 10.7. The number of pyridine rings is 1. The number of hydrogen-bond acceptors (Lipinski definition) is 6. The molecule has 3 aromatic rings. The molecule has 2 N–H and O–H groups in total. The molecule has 0 aliphatic heterocycles. The van der Waals surface area contributed by atoms with Gasteiger partial charge in [0.2, 0.25) is 5.91 Å². The van der Waals surface area contributed by atoms with Crippen LogP contribution in [0.1, 0.15) is 29.9 Å². The monoisotopic (exact) mass is 418 g/mol. The van der Waals surface area contributed by atoms with Crippen molar-refractivity contribution in [3.63, 3.8) is 0 Å². The van der Waals surface area contributed by atoms with Crippen LogP contribution in [0.5, 0.6) is 0 Å². The van der Waals surface area contributed by atoms with E-state index in [0.717, 1.165) is 18.8 Å². The molecule has 0 saturated carbocycles. The fourth-order valence-electron chi connectivity index (χ4n) is 2.99. The number of aromatic nitrogens is 3. The molecule has 0 fully saturated rings. The fraction of sp³-hybridized carbons (Fsp3) is 0.261. The predicted molar refractivity (Wildman–Crippen MR) is 121 cm³/mol. The van der Waals surface area contributed by atoms with Gasteiger partial charge in [-0.05, 0) is 56.4 Å². The largest absolute Gasteiger partial charge is 0.325 e. The molecule has 0 saturated heterocycles. The lowest BCUT2D eigenvalue weighted by Gasteiger charge is -2.17. The number of likely N-dealkylation sites (N-methyl/N-ethyl adjacent to an activating group) is 1. The molecule has 31 heavy (non-hydrogen) atoms. The van der Waals surface area contributed by atoms with Crippen molar-refractivity contribution in [1.82, 2.24) is 19.9 Å². The van der Waals surface area contributed by atoms with E-state index >= 15 is 0 Å². The van der Waals surface area contributed by atoms with Crippen LogP contribution in [0.4, 0.5) is 11.5 Å². The average Bonchev–Trinajstić information content (AvgIpc) is 2.78. The van der Waals surface area contributed by atoms with Crippen LogP contribution in [-0.4, -0.2) is 51.3 Å². The Balaban J connectivity index is 1.66. The topological polar surface area (TPSA) is 100 Å². The Kier molecular flexibility index (Phi) is 7.40. The Morgan fingerprint density at radius 1 is 0.968 bits per heavy atom. The summed E-state index contributed by atoms with van der Waals surface area (Å²) in [5.74, 6) is 0.461. The van der Waals surface area contributed by atoms with E-state index in [9.17, 15) is 9.59 Å². The number of nitrogens with zero attached hydrogens (tertiary/aromatic N) is 4. The zero-order chi connectivity index (χ0) is 22.2. The van der Waals surface area contributed by atoms with Gasteiger partial charge in [0.05, 0.1) is 6.54 Å². The lowest BCUT2D eigenvalue weighted by molar-refractivity contribution is -0.117. The minimum absolute atomic E-state index is 0.0839. The predicted octanol–water partition coefficient (Wildman–Crippen LogP) is 3.38. The second-order valence-electron chi connectivity index (χ2n) is 6.97. The zero-order valence-corrected chi connectivity index (χ0v) is 17.9. The molecule has 0 spiro atoms. The van der Waals surface area contributed by atoms with E-state index in [0.29, 0.717) is 35.1 Å².